The van der Waals surface area contributed by atoms with E-state index >= 15 is 0 Å². The molecule has 0 radical (unpaired) electrons. The number of allylic oxidation sites excluding steroid dienone is 5. The van der Waals surface area contributed by atoms with Gasteiger partial charge in [-0.3, -0.25) is 48.6 Å². The van der Waals surface area contributed by atoms with E-state index in [-0.39, 0.29) is 55.9 Å². The van der Waals surface area contributed by atoms with E-state index in [0.29, 0.717) is 88.7 Å². The van der Waals surface area contributed by atoms with Crippen LogP contribution in [0.25, 0.3) is 0 Å². The molecule has 0 bridgehead atoms. The maximum atomic E-state index is 12.8. The molecular weight excluding hydrogens is 859 g/mol. The summed E-state index contributed by atoms with van der Waals surface area (Å²) < 4.78 is 0. The number of carbonyl (C=O) groups excluding carboxylic acids is 6. The van der Waals surface area contributed by atoms with Gasteiger partial charge in [0.25, 0.3) is 5.91 Å². The number of anilines is 1. The monoisotopic (exact) mass is 923 g/mol. The quantitative estimate of drug-likeness (QED) is 0.0560. The van der Waals surface area contributed by atoms with E-state index in [1.165, 1.54) is 0 Å². The maximum Gasteiger partial charge on any atom is 0.251 e. The Bertz CT molecular complexity index is 2110. The predicted octanol–water partition coefficient (Wildman–Crippen LogP) is 1.54. The van der Waals surface area contributed by atoms with Crippen LogP contribution in [0.1, 0.15) is 53.6 Å². The van der Waals surface area contributed by atoms with Crippen molar-refractivity contribution >= 4 is 64.4 Å². The summed E-state index contributed by atoms with van der Waals surface area (Å²) in [4.78, 5) is 86.3. The number of fused-ring (bicyclic) bond motifs is 1. The predicted molar refractivity (Wildman–Crippen MR) is 260 cm³/mol. The molecular formula is C48H65N11O6S. The molecule has 1 fully saturated rings. The number of aliphatic imine (C=N–C) groups is 1. The minimum absolute atomic E-state index is 0.00408. The summed E-state index contributed by atoms with van der Waals surface area (Å²) in [6.07, 6.45) is 17.0. The maximum absolute atomic E-state index is 12.8. The summed E-state index contributed by atoms with van der Waals surface area (Å²) in [6, 6.07) is 15.0. The van der Waals surface area contributed by atoms with Gasteiger partial charge in [-0.2, -0.15) is 0 Å². The number of hydrogen-bond donors (Lipinski definition) is 6. The zero-order valence-electron chi connectivity index (χ0n) is 37.7. The molecule has 2 aromatic carbocycles. The van der Waals surface area contributed by atoms with Crippen molar-refractivity contribution in [2.24, 2.45) is 34.0 Å². The van der Waals surface area contributed by atoms with E-state index in [0.717, 1.165) is 48.1 Å². The molecule has 3 atom stereocenters. The molecule has 2 aliphatic heterocycles. The number of unbranched alkanes of at least 4 members (excludes halogenated alkanes) is 2. The summed E-state index contributed by atoms with van der Waals surface area (Å²) in [5.41, 5.74) is 21.0. The molecule has 2 aromatic rings. The normalized spacial score (nSPS) is 19.6. The lowest BCUT2D eigenvalue weighted by Gasteiger charge is -2.37. The summed E-state index contributed by atoms with van der Waals surface area (Å²) in [5.74, 6) is -1.22. The lowest BCUT2D eigenvalue weighted by Crippen LogP contribution is -2.53. The summed E-state index contributed by atoms with van der Waals surface area (Å²) >= 11 is 5.65. The Hall–Kier alpha value is -5.92. The van der Waals surface area contributed by atoms with E-state index in [1.54, 1.807) is 18.3 Å². The van der Waals surface area contributed by atoms with Crippen LogP contribution in [-0.4, -0.2) is 151 Å². The van der Waals surface area contributed by atoms with Gasteiger partial charge in [0.05, 0.1) is 37.7 Å². The standard InChI is InChI=1S/C48H65N11O6S/c49-43(61)32-56-20-21-57(33-44(50)62)24-25-59(26-27-60)40(31-58(23-22-56)34-45(51)63)28-35-12-16-39(17-13-35)55-47(66)9-3-1-2-8-46(64)53-29-36-10-14-38(15-11-36)48(65)54-30-42-41-7-5-4-6-37(41)18-19-52-42/h4-7,10-19,27,37,40-41H,1-3,8-9,20-26,28-34H2,(H2,49,61)(H2,50,62)(H2,51,63)(H,53,64)(H,54,65)(H,55,66). The number of rotatable bonds is 22. The molecule has 5 amide bonds. The zero-order chi connectivity index (χ0) is 47.3. The number of thiocarbonyl (C=S) groups is 1. The van der Waals surface area contributed by atoms with Gasteiger partial charge in [-0.1, -0.05) is 73.3 Å². The van der Waals surface area contributed by atoms with Crippen LogP contribution < -0.4 is 33.2 Å². The van der Waals surface area contributed by atoms with Crippen LogP contribution in [0.4, 0.5) is 5.69 Å². The van der Waals surface area contributed by atoms with Crippen molar-refractivity contribution in [3.8, 4) is 0 Å². The number of benzene rings is 2. The van der Waals surface area contributed by atoms with Gasteiger partial charge in [0.1, 0.15) is 6.29 Å². The number of amides is 5. The zero-order valence-corrected chi connectivity index (χ0v) is 38.5. The van der Waals surface area contributed by atoms with E-state index in [9.17, 15) is 28.8 Å². The first kappa shape index (κ1) is 51.1. The van der Waals surface area contributed by atoms with Gasteiger partial charge in [0, 0.05) is 99.8 Å². The second kappa shape index (κ2) is 26.9. The second-order valence-corrected chi connectivity index (χ2v) is 17.5. The van der Waals surface area contributed by atoms with Gasteiger partial charge < -0.3 is 37.9 Å². The van der Waals surface area contributed by atoms with Crippen LogP contribution >= 0.6 is 12.2 Å². The van der Waals surface area contributed by atoms with E-state index in [4.69, 9.17) is 29.4 Å². The first-order valence-corrected chi connectivity index (χ1v) is 23.1. The van der Waals surface area contributed by atoms with Crippen LogP contribution in [0.3, 0.4) is 0 Å². The molecule has 18 heteroatoms. The molecule has 0 spiro atoms. The molecule has 3 aliphatic rings. The molecule has 5 rings (SSSR count). The minimum atomic E-state index is -0.486. The third-order valence-electron chi connectivity index (χ3n) is 11.9. The minimum Gasteiger partial charge on any atom is -0.369 e. The van der Waals surface area contributed by atoms with Gasteiger partial charge in [-0.05, 0) is 61.1 Å². The fourth-order valence-corrected chi connectivity index (χ4v) is 8.59. The van der Waals surface area contributed by atoms with Crippen molar-refractivity contribution in [2.45, 2.75) is 51.1 Å². The molecule has 66 heavy (non-hydrogen) atoms. The molecule has 2 heterocycles. The van der Waals surface area contributed by atoms with Crippen LogP contribution in [0, 0.1) is 11.8 Å². The molecule has 1 saturated heterocycles. The van der Waals surface area contributed by atoms with Crippen molar-refractivity contribution in [1.82, 2.24) is 30.2 Å². The lowest BCUT2D eigenvalue weighted by atomic mass is 9.83. The smallest absolute Gasteiger partial charge is 0.251 e. The molecule has 3 unspecified atom stereocenters. The number of nitrogens with zero attached hydrogens (tertiary/aromatic N) is 5. The fourth-order valence-electron chi connectivity index (χ4n) is 8.33. The van der Waals surface area contributed by atoms with Crippen molar-refractivity contribution in [1.29, 1.82) is 0 Å². The average Bonchev–Trinajstić information content (AvgIpc) is 3.29. The van der Waals surface area contributed by atoms with Crippen molar-refractivity contribution in [3.63, 3.8) is 0 Å². The van der Waals surface area contributed by atoms with Gasteiger partial charge in [0.2, 0.25) is 23.6 Å². The number of primary amides is 3. The van der Waals surface area contributed by atoms with Crippen LogP contribution in [-0.2, 0) is 36.9 Å². The van der Waals surface area contributed by atoms with Gasteiger partial charge in [-0.25, -0.2) is 0 Å². The Kier molecular flexibility index (Phi) is 20.8. The highest BCUT2D eigenvalue weighted by molar-refractivity contribution is 7.80. The molecule has 1 aliphatic carbocycles. The highest BCUT2D eigenvalue weighted by Gasteiger charge is 2.27. The number of carbonyl (C=O) groups is 6. The fraction of sp³-hybridized carbons (Fsp3) is 0.458. The number of aldehydes is 1. The topological polar surface area (TPSA) is 242 Å². The van der Waals surface area contributed by atoms with Crippen molar-refractivity contribution in [3.05, 3.63) is 102 Å². The molecule has 17 nitrogen and oxygen atoms in total. The van der Waals surface area contributed by atoms with Gasteiger partial charge in [0.15, 0.2) is 0 Å². The Morgan fingerprint density at radius 3 is 1.97 bits per heavy atom. The average molecular weight is 924 g/mol. The Labute approximate surface area is 392 Å². The number of hydrogen-bond acceptors (Lipinski definition) is 12. The van der Waals surface area contributed by atoms with Crippen molar-refractivity contribution < 1.29 is 28.8 Å². The molecule has 9 N–H and O–H groups in total. The van der Waals surface area contributed by atoms with E-state index in [2.05, 4.69) is 44.1 Å². The Balaban J connectivity index is 1.03. The third-order valence-corrected chi connectivity index (χ3v) is 12.2. The number of nitrogens with one attached hydrogen (secondary N) is 3. The molecule has 0 aromatic heterocycles. The third kappa shape index (κ3) is 17.8. The van der Waals surface area contributed by atoms with E-state index in [1.807, 2.05) is 63.2 Å². The molecule has 0 saturated carbocycles. The van der Waals surface area contributed by atoms with Crippen molar-refractivity contribution in [2.75, 3.05) is 83.9 Å². The van der Waals surface area contributed by atoms with E-state index < -0.39 is 17.7 Å². The lowest BCUT2D eigenvalue weighted by molar-refractivity contribution is -0.121. The number of nitrogens with two attached hydrogens (primary N) is 3. The highest BCUT2D eigenvalue weighted by atomic mass is 32.1. The highest BCUT2D eigenvalue weighted by Crippen LogP contribution is 2.26. The summed E-state index contributed by atoms with van der Waals surface area (Å²) in [5, 5.41) is 9.27. The summed E-state index contributed by atoms with van der Waals surface area (Å²) in [6.45, 7) is 4.06. The van der Waals surface area contributed by atoms with Crippen LogP contribution in [0.2, 0.25) is 0 Å². The van der Waals surface area contributed by atoms with Crippen LogP contribution in [0.15, 0.2) is 90.1 Å². The Morgan fingerprint density at radius 2 is 1.30 bits per heavy atom. The van der Waals surface area contributed by atoms with Gasteiger partial charge in [-0.15, -0.1) is 0 Å². The molecule has 354 valence electrons. The first-order valence-electron chi connectivity index (χ1n) is 22.7. The van der Waals surface area contributed by atoms with Gasteiger partial charge >= 0.3 is 0 Å². The van der Waals surface area contributed by atoms with Crippen LogP contribution in [0.5, 0.6) is 0 Å². The first-order chi connectivity index (χ1) is 31.8. The SMILES string of the molecule is NC(=O)CN1CCN(CC(N)=O)CCN(CC=O)C(Cc2ccc(NC(=S)CCCCCC(=O)NCc3ccc(C(=O)NCC4=NC=CC5C=CC=CC45)cc3)cc2)CN(CC(N)=O)CC1. The second-order valence-electron chi connectivity index (χ2n) is 17.0. The summed E-state index contributed by atoms with van der Waals surface area (Å²) in [7, 11) is 0. The Morgan fingerprint density at radius 1 is 0.697 bits per heavy atom. The largest absolute Gasteiger partial charge is 0.369 e.